The van der Waals surface area contributed by atoms with E-state index in [1.54, 1.807) is 0 Å². The van der Waals surface area contributed by atoms with E-state index >= 15 is 0 Å². The maximum atomic E-state index is 11.8. The summed E-state index contributed by atoms with van der Waals surface area (Å²) in [7, 11) is 0. The molecule has 0 atom stereocenters. The number of hydrogen-bond donors (Lipinski definition) is 3. The molecule has 0 fully saturated rings. The van der Waals surface area contributed by atoms with Crippen molar-refractivity contribution < 1.29 is 9.32 Å². The molecule has 2 aromatic rings. The van der Waals surface area contributed by atoms with Gasteiger partial charge < -0.3 is 20.5 Å². The van der Waals surface area contributed by atoms with Crippen LogP contribution in [0.4, 0.5) is 5.69 Å². The molecular weight excluding hydrogens is 366 g/mol. The summed E-state index contributed by atoms with van der Waals surface area (Å²) in [6.07, 6.45) is 1.66. The number of carbonyl (C=O) groups excluding carboxylic acids is 1. The van der Waals surface area contributed by atoms with Gasteiger partial charge in [-0.25, -0.2) is 4.99 Å². The van der Waals surface area contributed by atoms with E-state index in [1.165, 1.54) is 0 Å². The SMILES string of the molecule is CCNC(=NCc1ccc(NC(=O)C(C)C)cc1)NCc1c(CC)noc1CC. The predicted molar refractivity (Wildman–Crippen MR) is 117 cm³/mol. The Kier molecular flexibility index (Phi) is 8.70. The zero-order valence-corrected chi connectivity index (χ0v) is 18.1. The van der Waals surface area contributed by atoms with Crippen molar-refractivity contribution in [2.24, 2.45) is 10.9 Å². The molecule has 0 aliphatic heterocycles. The van der Waals surface area contributed by atoms with Gasteiger partial charge in [-0.05, 0) is 31.0 Å². The Morgan fingerprint density at radius 1 is 1.10 bits per heavy atom. The first-order valence-corrected chi connectivity index (χ1v) is 10.4. The minimum atomic E-state index is -0.0418. The summed E-state index contributed by atoms with van der Waals surface area (Å²) >= 11 is 0. The van der Waals surface area contributed by atoms with Gasteiger partial charge in [0.05, 0.1) is 12.2 Å². The molecule has 1 heterocycles. The highest BCUT2D eigenvalue weighted by Gasteiger charge is 2.13. The van der Waals surface area contributed by atoms with E-state index in [4.69, 9.17) is 4.52 Å². The minimum absolute atomic E-state index is 0.0148. The summed E-state index contributed by atoms with van der Waals surface area (Å²) in [5, 5.41) is 13.7. The van der Waals surface area contributed by atoms with Gasteiger partial charge in [-0.15, -0.1) is 0 Å². The molecule has 3 N–H and O–H groups in total. The van der Waals surface area contributed by atoms with Gasteiger partial charge in [0.15, 0.2) is 5.96 Å². The third-order valence-corrected chi connectivity index (χ3v) is 4.55. The summed E-state index contributed by atoms with van der Waals surface area (Å²) in [6.45, 7) is 11.9. The average molecular weight is 400 g/mol. The molecule has 0 aliphatic rings. The van der Waals surface area contributed by atoms with Crippen LogP contribution >= 0.6 is 0 Å². The lowest BCUT2D eigenvalue weighted by molar-refractivity contribution is -0.118. The number of nitrogens with zero attached hydrogens (tertiary/aromatic N) is 2. The molecule has 0 saturated heterocycles. The first-order valence-electron chi connectivity index (χ1n) is 10.4. The number of aromatic nitrogens is 1. The monoisotopic (exact) mass is 399 g/mol. The summed E-state index contributed by atoms with van der Waals surface area (Å²) in [4.78, 5) is 16.5. The fourth-order valence-electron chi connectivity index (χ4n) is 2.80. The highest BCUT2D eigenvalue weighted by molar-refractivity contribution is 5.92. The highest BCUT2D eigenvalue weighted by atomic mass is 16.5. The topological polar surface area (TPSA) is 91.5 Å². The van der Waals surface area contributed by atoms with Crippen LogP contribution in [0.2, 0.25) is 0 Å². The predicted octanol–water partition coefficient (Wildman–Crippen LogP) is 3.65. The smallest absolute Gasteiger partial charge is 0.226 e. The lowest BCUT2D eigenvalue weighted by atomic mass is 10.1. The molecule has 7 heteroatoms. The number of rotatable bonds is 9. The quantitative estimate of drug-likeness (QED) is 0.442. The molecule has 1 aromatic carbocycles. The first kappa shape index (κ1) is 22.5. The van der Waals surface area contributed by atoms with E-state index in [0.717, 1.165) is 53.6 Å². The Hall–Kier alpha value is -2.83. The van der Waals surface area contributed by atoms with E-state index in [2.05, 4.69) is 39.9 Å². The van der Waals surface area contributed by atoms with Crippen molar-refractivity contribution in [2.75, 3.05) is 11.9 Å². The van der Waals surface area contributed by atoms with Gasteiger partial charge in [0, 0.05) is 36.7 Å². The molecule has 0 radical (unpaired) electrons. The Morgan fingerprint density at radius 3 is 2.41 bits per heavy atom. The molecule has 1 amide bonds. The van der Waals surface area contributed by atoms with Crippen LogP contribution in [-0.4, -0.2) is 23.6 Å². The average Bonchev–Trinajstić information content (AvgIpc) is 3.13. The van der Waals surface area contributed by atoms with Gasteiger partial charge in [-0.1, -0.05) is 45.0 Å². The van der Waals surface area contributed by atoms with Gasteiger partial charge in [0.2, 0.25) is 5.91 Å². The second-order valence-corrected chi connectivity index (χ2v) is 7.13. The number of aryl methyl sites for hydroxylation is 2. The Morgan fingerprint density at radius 2 is 1.83 bits per heavy atom. The molecule has 0 unspecified atom stereocenters. The number of nitrogens with one attached hydrogen (secondary N) is 3. The fraction of sp³-hybridized carbons (Fsp3) is 0.500. The summed E-state index contributed by atoms with van der Waals surface area (Å²) in [5.41, 5.74) is 3.97. The van der Waals surface area contributed by atoms with E-state index in [0.29, 0.717) is 13.1 Å². The second kappa shape index (κ2) is 11.2. The molecule has 7 nitrogen and oxygen atoms in total. The molecular formula is C22H33N5O2. The fourth-order valence-corrected chi connectivity index (χ4v) is 2.80. The number of amides is 1. The number of guanidine groups is 1. The van der Waals surface area contributed by atoms with Crippen LogP contribution in [0.1, 0.15) is 57.2 Å². The Labute approximate surface area is 173 Å². The van der Waals surface area contributed by atoms with Gasteiger partial charge in [-0.2, -0.15) is 0 Å². The molecule has 0 bridgehead atoms. The standard InChI is InChI=1S/C22H33N5O2/c1-6-19-18(20(7-2)29-27-19)14-25-22(23-8-3)24-13-16-9-11-17(12-10-16)26-21(28)15(4)5/h9-12,15H,6-8,13-14H2,1-5H3,(H,26,28)(H2,23,24,25). The van der Waals surface area contributed by atoms with Crippen LogP contribution < -0.4 is 16.0 Å². The molecule has 0 aliphatic carbocycles. The van der Waals surface area contributed by atoms with Crippen LogP contribution in [-0.2, 0) is 30.7 Å². The van der Waals surface area contributed by atoms with Crippen LogP contribution in [0.15, 0.2) is 33.8 Å². The zero-order chi connectivity index (χ0) is 21.2. The Bertz CT molecular complexity index is 788. The van der Waals surface area contributed by atoms with Crippen molar-refractivity contribution in [3.05, 3.63) is 46.8 Å². The highest BCUT2D eigenvalue weighted by Crippen LogP contribution is 2.15. The third kappa shape index (κ3) is 6.62. The maximum Gasteiger partial charge on any atom is 0.226 e. The van der Waals surface area contributed by atoms with Crippen LogP contribution in [0.25, 0.3) is 0 Å². The van der Waals surface area contributed by atoms with Crippen molar-refractivity contribution in [3.8, 4) is 0 Å². The number of hydrogen-bond acceptors (Lipinski definition) is 4. The van der Waals surface area contributed by atoms with Gasteiger partial charge in [-0.3, -0.25) is 4.79 Å². The third-order valence-electron chi connectivity index (χ3n) is 4.55. The lowest BCUT2D eigenvalue weighted by Gasteiger charge is -2.12. The van der Waals surface area contributed by atoms with Gasteiger partial charge >= 0.3 is 0 Å². The van der Waals surface area contributed by atoms with Crippen LogP contribution in [0.5, 0.6) is 0 Å². The van der Waals surface area contributed by atoms with Gasteiger partial charge in [0.1, 0.15) is 5.76 Å². The maximum absolute atomic E-state index is 11.8. The van der Waals surface area contributed by atoms with Crippen molar-refractivity contribution in [1.82, 2.24) is 15.8 Å². The summed E-state index contributed by atoms with van der Waals surface area (Å²) in [6, 6.07) is 7.77. The number of anilines is 1. The van der Waals surface area contributed by atoms with Crippen molar-refractivity contribution in [1.29, 1.82) is 0 Å². The first-order chi connectivity index (χ1) is 14.0. The molecule has 29 heavy (non-hydrogen) atoms. The number of carbonyl (C=O) groups is 1. The molecule has 1 aromatic heterocycles. The molecule has 2 rings (SSSR count). The lowest BCUT2D eigenvalue weighted by Crippen LogP contribution is -2.37. The summed E-state index contributed by atoms with van der Waals surface area (Å²) in [5.74, 6) is 1.64. The van der Waals surface area contributed by atoms with E-state index in [9.17, 15) is 4.79 Å². The molecule has 158 valence electrons. The Balaban J connectivity index is 2.00. The normalized spacial score (nSPS) is 11.6. The largest absolute Gasteiger partial charge is 0.361 e. The van der Waals surface area contributed by atoms with Crippen LogP contribution in [0, 0.1) is 5.92 Å². The van der Waals surface area contributed by atoms with Crippen LogP contribution in [0.3, 0.4) is 0 Å². The summed E-state index contributed by atoms with van der Waals surface area (Å²) < 4.78 is 5.43. The van der Waals surface area contributed by atoms with Crippen molar-refractivity contribution in [2.45, 2.75) is 60.5 Å². The number of benzene rings is 1. The minimum Gasteiger partial charge on any atom is -0.361 e. The van der Waals surface area contributed by atoms with Gasteiger partial charge in [0.25, 0.3) is 0 Å². The molecule has 0 saturated carbocycles. The molecule has 0 spiro atoms. The van der Waals surface area contributed by atoms with E-state index < -0.39 is 0 Å². The van der Waals surface area contributed by atoms with Crippen molar-refractivity contribution >= 4 is 17.6 Å². The number of aliphatic imine (C=N–C) groups is 1. The van der Waals surface area contributed by atoms with Crippen molar-refractivity contribution in [3.63, 3.8) is 0 Å². The zero-order valence-electron chi connectivity index (χ0n) is 18.1. The van der Waals surface area contributed by atoms with E-state index in [-0.39, 0.29) is 11.8 Å². The second-order valence-electron chi connectivity index (χ2n) is 7.13. The van der Waals surface area contributed by atoms with E-state index in [1.807, 2.05) is 45.0 Å².